The fourth-order valence-electron chi connectivity index (χ4n) is 3.38. The molecule has 7 heteroatoms. The average molecular weight is 386 g/mol. The second-order valence-electron chi connectivity index (χ2n) is 6.88. The third-order valence-corrected chi connectivity index (χ3v) is 4.72. The van der Waals surface area contributed by atoms with Gasteiger partial charge in [0.2, 0.25) is 5.91 Å². The van der Waals surface area contributed by atoms with Crippen LogP contribution in [0.5, 0.6) is 0 Å². The van der Waals surface area contributed by atoms with E-state index in [2.05, 4.69) is 20.5 Å². The van der Waals surface area contributed by atoms with Gasteiger partial charge in [0, 0.05) is 41.5 Å². The number of nitrogens with one attached hydrogen (secondary N) is 1. The van der Waals surface area contributed by atoms with Crippen molar-refractivity contribution in [2.24, 2.45) is 0 Å². The second kappa shape index (κ2) is 8.10. The zero-order valence-electron chi connectivity index (χ0n) is 16.4. The van der Waals surface area contributed by atoms with E-state index in [1.807, 2.05) is 62.5 Å². The highest BCUT2D eigenvalue weighted by molar-refractivity contribution is 5.89. The third kappa shape index (κ3) is 4.24. The summed E-state index contributed by atoms with van der Waals surface area (Å²) in [4.78, 5) is 16.7. The molecule has 4 rings (SSSR count). The Kier molecular flexibility index (Phi) is 5.20. The first-order valence-corrected chi connectivity index (χ1v) is 9.42. The summed E-state index contributed by atoms with van der Waals surface area (Å²) in [5, 5.41) is 11.8. The van der Waals surface area contributed by atoms with Gasteiger partial charge in [0.1, 0.15) is 6.54 Å². The van der Waals surface area contributed by atoms with Crippen LogP contribution in [0.1, 0.15) is 17.0 Å². The van der Waals surface area contributed by atoms with Gasteiger partial charge in [0.05, 0.1) is 12.2 Å². The van der Waals surface area contributed by atoms with E-state index in [0.717, 1.165) is 28.1 Å². The molecule has 0 fully saturated rings. The first-order chi connectivity index (χ1) is 14.1. The Labute approximate surface area is 169 Å². The van der Waals surface area contributed by atoms with Crippen molar-refractivity contribution in [3.63, 3.8) is 0 Å². The number of anilines is 1. The lowest BCUT2D eigenvalue weighted by Crippen LogP contribution is -2.20. The van der Waals surface area contributed by atoms with Gasteiger partial charge in [-0.15, -0.1) is 0 Å². The molecule has 29 heavy (non-hydrogen) atoms. The zero-order chi connectivity index (χ0) is 20.2. The van der Waals surface area contributed by atoms with Crippen LogP contribution in [0.25, 0.3) is 11.1 Å². The molecule has 1 amide bonds. The summed E-state index contributed by atoms with van der Waals surface area (Å²) < 4.78 is 3.52. The van der Waals surface area contributed by atoms with Crippen LogP contribution < -0.4 is 5.32 Å². The van der Waals surface area contributed by atoms with Crippen LogP contribution in [0.15, 0.2) is 67.1 Å². The molecule has 146 valence electrons. The van der Waals surface area contributed by atoms with Crippen molar-refractivity contribution in [2.75, 3.05) is 5.32 Å². The summed E-state index contributed by atoms with van der Waals surface area (Å²) in [6.45, 7) is 4.68. The predicted octanol–water partition coefficient (Wildman–Crippen LogP) is 3.45. The molecule has 0 saturated carbocycles. The number of aryl methyl sites for hydroxylation is 1. The lowest BCUT2D eigenvalue weighted by Gasteiger charge is -2.06. The molecule has 1 N–H and O–H groups in total. The topological polar surface area (TPSA) is 77.6 Å². The Hall–Kier alpha value is -3.74. The van der Waals surface area contributed by atoms with Crippen molar-refractivity contribution in [1.82, 2.24) is 24.5 Å². The minimum atomic E-state index is -0.168. The van der Waals surface area contributed by atoms with E-state index < -0.39 is 0 Å². The smallest absolute Gasteiger partial charge is 0.247 e. The molecule has 1 aromatic carbocycles. The summed E-state index contributed by atoms with van der Waals surface area (Å²) in [6, 6.07) is 15.7. The van der Waals surface area contributed by atoms with Gasteiger partial charge in [-0.2, -0.15) is 10.2 Å². The van der Waals surface area contributed by atoms with Crippen molar-refractivity contribution in [3.05, 3.63) is 84.1 Å². The fraction of sp³-hybridized carbons (Fsp3) is 0.182. The Balaban J connectivity index is 1.43. The van der Waals surface area contributed by atoms with Gasteiger partial charge in [-0.1, -0.05) is 36.4 Å². The molecule has 0 radical (unpaired) electrons. The average Bonchev–Trinajstić information content (AvgIpc) is 3.26. The van der Waals surface area contributed by atoms with Gasteiger partial charge in [0.15, 0.2) is 5.82 Å². The Morgan fingerprint density at radius 2 is 1.86 bits per heavy atom. The van der Waals surface area contributed by atoms with Gasteiger partial charge in [-0.05, 0) is 25.5 Å². The number of carbonyl (C=O) groups is 1. The van der Waals surface area contributed by atoms with Crippen molar-refractivity contribution < 1.29 is 4.79 Å². The van der Waals surface area contributed by atoms with Gasteiger partial charge in [0.25, 0.3) is 0 Å². The van der Waals surface area contributed by atoms with Crippen LogP contribution in [-0.2, 0) is 17.9 Å². The number of benzene rings is 1. The minimum absolute atomic E-state index is 0.123. The molecule has 0 unspecified atom stereocenters. The molecule has 0 saturated heterocycles. The van der Waals surface area contributed by atoms with E-state index in [0.29, 0.717) is 12.4 Å². The fourth-order valence-corrected chi connectivity index (χ4v) is 3.38. The number of rotatable bonds is 6. The molecule has 0 atom stereocenters. The Bertz CT molecular complexity index is 1110. The van der Waals surface area contributed by atoms with Crippen molar-refractivity contribution in [3.8, 4) is 11.1 Å². The SMILES string of the molecule is Cc1nn(CC(=O)Nc2ccn(Cc3ccccc3)n2)c(C)c1-c1cccnc1. The van der Waals surface area contributed by atoms with Crippen LogP contribution in [0.4, 0.5) is 5.82 Å². The first-order valence-electron chi connectivity index (χ1n) is 9.42. The van der Waals surface area contributed by atoms with Crippen molar-refractivity contribution >= 4 is 11.7 Å². The summed E-state index contributed by atoms with van der Waals surface area (Å²) in [5.74, 6) is 0.359. The predicted molar refractivity (Wildman–Crippen MR) is 111 cm³/mol. The van der Waals surface area contributed by atoms with Crippen molar-refractivity contribution in [2.45, 2.75) is 26.9 Å². The lowest BCUT2D eigenvalue weighted by molar-refractivity contribution is -0.117. The minimum Gasteiger partial charge on any atom is -0.308 e. The second-order valence-corrected chi connectivity index (χ2v) is 6.88. The number of amides is 1. The molecular weight excluding hydrogens is 364 g/mol. The third-order valence-electron chi connectivity index (χ3n) is 4.72. The van der Waals surface area contributed by atoms with Crippen molar-refractivity contribution in [1.29, 1.82) is 0 Å². The molecule has 3 aromatic heterocycles. The van der Waals surface area contributed by atoms with Crippen LogP contribution in [0.3, 0.4) is 0 Å². The summed E-state index contributed by atoms with van der Waals surface area (Å²) >= 11 is 0. The van der Waals surface area contributed by atoms with E-state index in [4.69, 9.17) is 0 Å². The van der Waals surface area contributed by atoms with Crippen LogP contribution in [0, 0.1) is 13.8 Å². The summed E-state index contributed by atoms with van der Waals surface area (Å²) in [5.41, 5.74) is 4.96. The number of nitrogens with zero attached hydrogens (tertiary/aromatic N) is 5. The lowest BCUT2D eigenvalue weighted by atomic mass is 10.1. The summed E-state index contributed by atoms with van der Waals surface area (Å²) in [7, 11) is 0. The molecule has 0 aliphatic rings. The number of aromatic nitrogens is 5. The van der Waals surface area contributed by atoms with E-state index >= 15 is 0 Å². The normalized spacial score (nSPS) is 10.8. The first kappa shape index (κ1) is 18.6. The summed E-state index contributed by atoms with van der Waals surface area (Å²) in [6.07, 6.45) is 5.40. The van der Waals surface area contributed by atoms with E-state index in [1.165, 1.54) is 0 Å². The molecule has 0 spiro atoms. The zero-order valence-corrected chi connectivity index (χ0v) is 16.4. The maximum Gasteiger partial charge on any atom is 0.247 e. The number of carbonyl (C=O) groups excluding carboxylic acids is 1. The molecule has 7 nitrogen and oxygen atoms in total. The highest BCUT2D eigenvalue weighted by atomic mass is 16.2. The number of hydrogen-bond acceptors (Lipinski definition) is 4. The molecule has 4 aromatic rings. The Morgan fingerprint density at radius 3 is 2.62 bits per heavy atom. The number of hydrogen-bond donors (Lipinski definition) is 1. The van der Waals surface area contributed by atoms with E-state index in [9.17, 15) is 4.79 Å². The highest BCUT2D eigenvalue weighted by Crippen LogP contribution is 2.26. The van der Waals surface area contributed by atoms with E-state index in [-0.39, 0.29) is 12.5 Å². The molecule has 0 aliphatic heterocycles. The van der Waals surface area contributed by atoms with Gasteiger partial charge in [-0.3, -0.25) is 19.1 Å². The van der Waals surface area contributed by atoms with Gasteiger partial charge >= 0.3 is 0 Å². The number of pyridine rings is 1. The molecule has 0 aliphatic carbocycles. The molecule has 0 bridgehead atoms. The monoisotopic (exact) mass is 386 g/mol. The maximum absolute atomic E-state index is 12.5. The molecule has 3 heterocycles. The Morgan fingerprint density at radius 1 is 1.03 bits per heavy atom. The molecular formula is C22H22N6O. The van der Waals surface area contributed by atoms with Gasteiger partial charge < -0.3 is 5.32 Å². The quantitative estimate of drug-likeness (QED) is 0.551. The van der Waals surface area contributed by atoms with E-state index in [1.54, 1.807) is 27.8 Å². The van der Waals surface area contributed by atoms with Crippen LogP contribution in [0.2, 0.25) is 0 Å². The largest absolute Gasteiger partial charge is 0.308 e. The standard InChI is InChI=1S/C22H22N6O/c1-16-22(19-9-6-11-23-13-19)17(2)28(25-16)15-21(29)24-20-10-12-27(26-20)14-18-7-4-3-5-8-18/h3-13H,14-15H2,1-2H3,(H,24,26,29). The van der Waals surface area contributed by atoms with Gasteiger partial charge in [-0.25, -0.2) is 0 Å². The maximum atomic E-state index is 12.5. The van der Waals surface area contributed by atoms with Crippen LogP contribution >= 0.6 is 0 Å². The van der Waals surface area contributed by atoms with Crippen LogP contribution in [-0.4, -0.2) is 30.5 Å². The highest BCUT2D eigenvalue weighted by Gasteiger charge is 2.16.